The number of rotatable bonds is 10. The van der Waals surface area contributed by atoms with Crippen molar-refractivity contribution in [1.82, 2.24) is 10.2 Å². The summed E-state index contributed by atoms with van der Waals surface area (Å²) in [5.74, 6) is 1.49. The standard InChI is InChI=1S/C19H28F3N3O2/c1-23-18(25(2)8-9-26-12-15-6-7-15)24-11-16-4-3-5-17(10-16)13-27-14-19(20,21)22/h3-5,10,15H,6-9,11-14H2,1-2H3,(H,23,24). The van der Waals surface area contributed by atoms with Gasteiger partial charge in [-0.05, 0) is 29.9 Å². The molecule has 0 atom stereocenters. The number of alkyl halides is 3. The van der Waals surface area contributed by atoms with E-state index in [1.165, 1.54) is 12.8 Å². The van der Waals surface area contributed by atoms with Gasteiger partial charge < -0.3 is 19.7 Å². The Balaban J connectivity index is 1.73. The molecule has 0 radical (unpaired) electrons. The van der Waals surface area contributed by atoms with Crippen molar-refractivity contribution in [3.05, 3.63) is 35.4 Å². The summed E-state index contributed by atoms with van der Waals surface area (Å²) in [6.45, 7) is 1.43. The molecule has 0 spiro atoms. The SMILES string of the molecule is CN=C(NCc1cccc(COCC(F)(F)F)c1)N(C)CCOCC1CC1. The van der Waals surface area contributed by atoms with Crippen LogP contribution in [-0.2, 0) is 22.6 Å². The summed E-state index contributed by atoms with van der Waals surface area (Å²) in [6.07, 6.45) is -1.75. The van der Waals surface area contributed by atoms with Crippen molar-refractivity contribution in [2.24, 2.45) is 10.9 Å². The molecule has 1 aliphatic rings. The second kappa shape index (κ2) is 10.5. The fourth-order valence-electron chi connectivity index (χ4n) is 2.52. The number of nitrogens with one attached hydrogen (secondary N) is 1. The molecule has 0 saturated heterocycles. The van der Waals surface area contributed by atoms with Crippen LogP contribution in [0.1, 0.15) is 24.0 Å². The smallest absolute Gasteiger partial charge is 0.379 e. The van der Waals surface area contributed by atoms with E-state index in [2.05, 4.69) is 10.3 Å². The lowest BCUT2D eigenvalue weighted by Crippen LogP contribution is -2.40. The van der Waals surface area contributed by atoms with Gasteiger partial charge in [-0.1, -0.05) is 24.3 Å². The molecule has 27 heavy (non-hydrogen) atoms. The molecule has 1 aromatic carbocycles. The molecule has 0 aromatic heterocycles. The molecule has 8 heteroatoms. The lowest BCUT2D eigenvalue weighted by Gasteiger charge is -2.22. The Morgan fingerprint density at radius 2 is 2.00 bits per heavy atom. The van der Waals surface area contributed by atoms with E-state index in [1.54, 1.807) is 13.1 Å². The number of hydrogen-bond donors (Lipinski definition) is 1. The zero-order valence-corrected chi connectivity index (χ0v) is 15.9. The van der Waals surface area contributed by atoms with Gasteiger partial charge in [-0.25, -0.2) is 0 Å². The molecule has 0 heterocycles. The number of ether oxygens (including phenoxy) is 2. The molecule has 0 unspecified atom stereocenters. The quantitative estimate of drug-likeness (QED) is 0.381. The molecule has 1 N–H and O–H groups in total. The summed E-state index contributed by atoms with van der Waals surface area (Å²) in [7, 11) is 3.66. The van der Waals surface area contributed by atoms with Gasteiger partial charge in [0, 0.05) is 33.8 Å². The van der Waals surface area contributed by atoms with Gasteiger partial charge in [0.2, 0.25) is 0 Å². The zero-order chi connectivity index (χ0) is 19.7. The number of guanidine groups is 1. The second-order valence-corrected chi connectivity index (χ2v) is 6.77. The van der Waals surface area contributed by atoms with Crippen LogP contribution in [0.25, 0.3) is 0 Å². The van der Waals surface area contributed by atoms with Crippen LogP contribution in [0.5, 0.6) is 0 Å². The fraction of sp³-hybridized carbons (Fsp3) is 0.632. The average molecular weight is 387 g/mol. The van der Waals surface area contributed by atoms with E-state index in [4.69, 9.17) is 9.47 Å². The summed E-state index contributed by atoms with van der Waals surface area (Å²) in [5.41, 5.74) is 1.65. The van der Waals surface area contributed by atoms with Crippen molar-refractivity contribution >= 4 is 5.96 Å². The van der Waals surface area contributed by atoms with Crippen LogP contribution in [0, 0.1) is 5.92 Å². The maximum Gasteiger partial charge on any atom is 0.411 e. The van der Waals surface area contributed by atoms with Gasteiger partial charge in [0.25, 0.3) is 0 Å². The summed E-state index contributed by atoms with van der Waals surface area (Å²) >= 11 is 0. The van der Waals surface area contributed by atoms with Crippen LogP contribution >= 0.6 is 0 Å². The van der Waals surface area contributed by atoms with Gasteiger partial charge in [-0.3, -0.25) is 4.99 Å². The third-order valence-electron chi connectivity index (χ3n) is 4.17. The van der Waals surface area contributed by atoms with Crippen LogP contribution in [0.4, 0.5) is 13.2 Å². The number of hydrogen-bond acceptors (Lipinski definition) is 3. The summed E-state index contributed by atoms with van der Waals surface area (Å²) < 4.78 is 46.8. The normalized spacial score (nSPS) is 15.1. The third-order valence-corrected chi connectivity index (χ3v) is 4.17. The Labute approximate surface area is 158 Å². The highest BCUT2D eigenvalue weighted by atomic mass is 19.4. The van der Waals surface area contributed by atoms with E-state index in [9.17, 15) is 13.2 Å². The van der Waals surface area contributed by atoms with Gasteiger partial charge in [0.1, 0.15) is 6.61 Å². The number of halogens is 3. The summed E-state index contributed by atoms with van der Waals surface area (Å²) in [5, 5.41) is 3.25. The average Bonchev–Trinajstić information content (AvgIpc) is 3.43. The fourth-order valence-corrected chi connectivity index (χ4v) is 2.52. The zero-order valence-electron chi connectivity index (χ0n) is 15.9. The predicted octanol–water partition coefficient (Wildman–Crippen LogP) is 3.20. The van der Waals surface area contributed by atoms with E-state index in [0.29, 0.717) is 18.7 Å². The lowest BCUT2D eigenvalue weighted by atomic mass is 10.1. The maximum atomic E-state index is 12.2. The van der Waals surface area contributed by atoms with Gasteiger partial charge in [0.15, 0.2) is 5.96 Å². The van der Waals surface area contributed by atoms with Crippen molar-refractivity contribution in [3.8, 4) is 0 Å². The molecule has 2 rings (SSSR count). The van der Waals surface area contributed by atoms with Crippen molar-refractivity contribution in [3.63, 3.8) is 0 Å². The molecule has 152 valence electrons. The summed E-state index contributed by atoms with van der Waals surface area (Å²) in [6, 6.07) is 7.29. The Morgan fingerprint density at radius 3 is 2.67 bits per heavy atom. The van der Waals surface area contributed by atoms with Crippen LogP contribution < -0.4 is 5.32 Å². The van der Waals surface area contributed by atoms with E-state index in [-0.39, 0.29) is 6.61 Å². The number of likely N-dealkylation sites (N-methyl/N-ethyl adjacent to an activating group) is 1. The first-order valence-electron chi connectivity index (χ1n) is 9.09. The minimum Gasteiger partial charge on any atom is -0.379 e. The molecule has 0 aliphatic heterocycles. The van der Waals surface area contributed by atoms with Gasteiger partial charge >= 0.3 is 6.18 Å². The van der Waals surface area contributed by atoms with E-state index >= 15 is 0 Å². The minimum absolute atomic E-state index is 0.0691. The topological polar surface area (TPSA) is 46.1 Å². The van der Waals surface area contributed by atoms with Crippen molar-refractivity contribution in [1.29, 1.82) is 0 Å². The Morgan fingerprint density at radius 1 is 1.26 bits per heavy atom. The Hall–Kier alpha value is -1.80. The monoisotopic (exact) mass is 387 g/mol. The molecule has 5 nitrogen and oxygen atoms in total. The molecular weight excluding hydrogens is 359 g/mol. The first-order chi connectivity index (χ1) is 12.9. The molecule has 0 amide bonds. The van der Waals surface area contributed by atoms with Crippen molar-refractivity contribution < 1.29 is 22.6 Å². The molecule has 0 bridgehead atoms. The van der Waals surface area contributed by atoms with Crippen molar-refractivity contribution in [2.45, 2.75) is 32.2 Å². The molecule has 1 saturated carbocycles. The third kappa shape index (κ3) is 9.10. The number of aliphatic imine (C=N–C) groups is 1. The molecule has 1 fully saturated rings. The first kappa shape index (κ1) is 21.5. The van der Waals surface area contributed by atoms with Crippen LogP contribution in [0.2, 0.25) is 0 Å². The van der Waals surface area contributed by atoms with E-state index < -0.39 is 12.8 Å². The number of benzene rings is 1. The first-order valence-corrected chi connectivity index (χ1v) is 9.09. The van der Waals surface area contributed by atoms with Gasteiger partial charge in [-0.15, -0.1) is 0 Å². The highest BCUT2D eigenvalue weighted by molar-refractivity contribution is 5.79. The highest BCUT2D eigenvalue weighted by Gasteiger charge is 2.27. The second-order valence-electron chi connectivity index (χ2n) is 6.77. The Kier molecular flexibility index (Phi) is 8.37. The van der Waals surface area contributed by atoms with Gasteiger partial charge in [-0.2, -0.15) is 13.2 Å². The Bertz CT molecular complexity index is 604. The number of nitrogens with zero attached hydrogens (tertiary/aromatic N) is 2. The minimum atomic E-state index is -4.31. The van der Waals surface area contributed by atoms with Crippen LogP contribution in [0.3, 0.4) is 0 Å². The molecule has 1 aliphatic carbocycles. The van der Waals surface area contributed by atoms with Crippen molar-refractivity contribution in [2.75, 3.05) is 40.5 Å². The van der Waals surface area contributed by atoms with E-state index in [1.807, 2.05) is 30.1 Å². The predicted molar refractivity (Wildman–Crippen MR) is 98.5 cm³/mol. The largest absolute Gasteiger partial charge is 0.411 e. The van der Waals surface area contributed by atoms with Crippen LogP contribution in [-0.4, -0.2) is 57.5 Å². The van der Waals surface area contributed by atoms with Crippen LogP contribution in [0.15, 0.2) is 29.3 Å². The molecular formula is C19H28F3N3O2. The highest BCUT2D eigenvalue weighted by Crippen LogP contribution is 2.28. The summed E-state index contributed by atoms with van der Waals surface area (Å²) in [4.78, 5) is 6.24. The maximum absolute atomic E-state index is 12.2. The molecule has 1 aromatic rings. The van der Waals surface area contributed by atoms with Gasteiger partial charge in [0.05, 0.1) is 13.2 Å². The van der Waals surface area contributed by atoms with E-state index in [0.717, 1.165) is 30.6 Å². The lowest BCUT2D eigenvalue weighted by molar-refractivity contribution is -0.176.